The van der Waals surface area contributed by atoms with Gasteiger partial charge in [0.15, 0.2) is 0 Å². The van der Waals surface area contributed by atoms with Crippen molar-refractivity contribution in [2.75, 3.05) is 20.2 Å². The molecule has 0 fully saturated rings. The standard InChI is InChI=1S/C20H19N3O4/c1-10-8-14-17(20(26)23(19(14)25)7-6-21-11(2)24)16-13-9-12(27-3)4-5-15(13)22-18(10)16/h4-5,8-9,22H,6-7H2,1-3H3,(H,21,24). The van der Waals surface area contributed by atoms with E-state index in [0.717, 1.165) is 27.4 Å². The molecule has 7 heteroatoms. The number of methoxy groups -OCH3 is 1. The largest absolute Gasteiger partial charge is 0.497 e. The van der Waals surface area contributed by atoms with Crippen LogP contribution in [0.5, 0.6) is 5.75 Å². The molecule has 0 saturated heterocycles. The van der Waals surface area contributed by atoms with Crippen LogP contribution in [0.4, 0.5) is 0 Å². The van der Waals surface area contributed by atoms with Gasteiger partial charge >= 0.3 is 0 Å². The van der Waals surface area contributed by atoms with Gasteiger partial charge in [-0.25, -0.2) is 0 Å². The first-order valence-electron chi connectivity index (χ1n) is 8.66. The first kappa shape index (κ1) is 17.1. The molecule has 4 rings (SSSR count). The molecule has 7 nitrogen and oxygen atoms in total. The Bertz CT molecular complexity index is 1130. The lowest BCUT2D eigenvalue weighted by atomic mass is 9.99. The van der Waals surface area contributed by atoms with E-state index in [0.29, 0.717) is 16.9 Å². The van der Waals surface area contributed by atoms with Crippen LogP contribution in [0.2, 0.25) is 0 Å². The van der Waals surface area contributed by atoms with Crippen LogP contribution in [0.15, 0.2) is 24.3 Å². The summed E-state index contributed by atoms with van der Waals surface area (Å²) in [5.41, 5.74) is 3.41. The molecule has 1 aliphatic rings. The average molecular weight is 365 g/mol. The monoisotopic (exact) mass is 365 g/mol. The second kappa shape index (κ2) is 6.12. The third-order valence-corrected chi connectivity index (χ3v) is 4.92. The summed E-state index contributed by atoms with van der Waals surface area (Å²) in [7, 11) is 1.59. The van der Waals surface area contributed by atoms with Crippen molar-refractivity contribution in [1.29, 1.82) is 0 Å². The van der Waals surface area contributed by atoms with Crippen LogP contribution < -0.4 is 10.1 Å². The Morgan fingerprint density at radius 3 is 2.70 bits per heavy atom. The summed E-state index contributed by atoms with van der Waals surface area (Å²) < 4.78 is 5.32. The van der Waals surface area contributed by atoms with E-state index in [1.54, 1.807) is 13.2 Å². The van der Waals surface area contributed by atoms with Crippen molar-refractivity contribution < 1.29 is 19.1 Å². The quantitative estimate of drug-likeness (QED) is 0.695. The third kappa shape index (κ3) is 2.54. The highest BCUT2D eigenvalue weighted by molar-refractivity contribution is 6.30. The summed E-state index contributed by atoms with van der Waals surface area (Å²) >= 11 is 0. The van der Waals surface area contributed by atoms with E-state index < -0.39 is 0 Å². The minimum Gasteiger partial charge on any atom is -0.497 e. The lowest BCUT2D eigenvalue weighted by molar-refractivity contribution is -0.119. The second-order valence-electron chi connectivity index (χ2n) is 6.65. The predicted octanol–water partition coefficient (Wildman–Crippen LogP) is 2.37. The zero-order valence-electron chi connectivity index (χ0n) is 15.3. The van der Waals surface area contributed by atoms with Crippen LogP contribution in [0.3, 0.4) is 0 Å². The van der Waals surface area contributed by atoms with Crippen LogP contribution in [-0.4, -0.2) is 47.8 Å². The summed E-state index contributed by atoms with van der Waals surface area (Å²) in [6, 6.07) is 7.37. The summed E-state index contributed by atoms with van der Waals surface area (Å²) in [5, 5.41) is 4.20. The number of aryl methyl sites for hydroxylation is 1. The third-order valence-electron chi connectivity index (χ3n) is 4.92. The number of carbonyl (C=O) groups is 3. The van der Waals surface area contributed by atoms with Crippen LogP contribution in [0.1, 0.15) is 33.2 Å². The number of aromatic nitrogens is 1. The maximum Gasteiger partial charge on any atom is 0.262 e. The first-order chi connectivity index (χ1) is 12.9. The number of aromatic amines is 1. The lowest BCUT2D eigenvalue weighted by Gasteiger charge is -2.13. The highest BCUT2D eigenvalue weighted by Gasteiger charge is 2.38. The fourth-order valence-electron chi connectivity index (χ4n) is 3.66. The molecule has 0 atom stereocenters. The summed E-state index contributed by atoms with van der Waals surface area (Å²) in [6.07, 6.45) is 0. The van der Waals surface area contributed by atoms with Gasteiger partial charge < -0.3 is 15.0 Å². The van der Waals surface area contributed by atoms with E-state index in [-0.39, 0.29) is 30.8 Å². The molecule has 27 heavy (non-hydrogen) atoms. The first-order valence-corrected chi connectivity index (χ1v) is 8.66. The van der Waals surface area contributed by atoms with Gasteiger partial charge in [0, 0.05) is 36.3 Å². The molecule has 0 spiro atoms. The van der Waals surface area contributed by atoms with Crippen molar-refractivity contribution in [1.82, 2.24) is 15.2 Å². The fraction of sp³-hybridized carbons (Fsp3) is 0.250. The Morgan fingerprint density at radius 1 is 1.22 bits per heavy atom. The van der Waals surface area contributed by atoms with Crippen molar-refractivity contribution in [2.45, 2.75) is 13.8 Å². The summed E-state index contributed by atoms with van der Waals surface area (Å²) in [5.74, 6) is -0.191. The van der Waals surface area contributed by atoms with Crippen LogP contribution in [0, 0.1) is 6.92 Å². The van der Waals surface area contributed by atoms with Crippen molar-refractivity contribution in [2.24, 2.45) is 0 Å². The molecule has 0 unspecified atom stereocenters. The highest BCUT2D eigenvalue weighted by atomic mass is 16.5. The molecule has 2 aromatic carbocycles. The molecular weight excluding hydrogens is 346 g/mol. The van der Waals surface area contributed by atoms with Crippen LogP contribution in [0.25, 0.3) is 21.8 Å². The fourth-order valence-corrected chi connectivity index (χ4v) is 3.66. The minimum atomic E-state index is -0.339. The highest BCUT2D eigenvalue weighted by Crippen LogP contribution is 2.38. The number of hydrogen-bond acceptors (Lipinski definition) is 4. The summed E-state index contributed by atoms with van der Waals surface area (Å²) in [4.78, 5) is 41.5. The zero-order valence-corrected chi connectivity index (χ0v) is 15.3. The number of fused-ring (bicyclic) bond motifs is 5. The molecule has 0 bridgehead atoms. The predicted molar refractivity (Wildman–Crippen MR) is 101 cm³/mol. The van der Waals surface area contributed by atoms with Crippen molar-refractivity contribution >= 4 is 39.5 Å². The van der Waals surface area contributed by atoms with Gasteiger partial charge in [0.25, 0.3) is 11.8 Å². The molecule has 1 aromatic heterocycles. The Balaban J connectivity index is 1.89. The van der Waals surface area contributed by atoms with Gasteiger partial charge in [-0.1, -0.05) is 0 Å². The van der Waals surface area contributed by atoms with E-state index in [9.17, 15) is 14.4 Å². The average Bonchev–Trinajstić information content (AvgIpc) is 3.12. The number of nitrogens with one attached hydrogen (secondary N) is 2. The van der Waals surface area contributed by atoms with Crippen molar-refractivity contribution in [3.8, 4) is 5.75 Å². The molecule has 138 valence electrons. The maximum absolute atomic E-state index is 13.1. The van der Waals surface area contributed by atoms with Gasteiger partial charge in [-0.2, -0.15) is 0 Å². The number of rotatable bonds is 4. The Morgan fingerprint density at radius 2 is 2.00 bits per heavy atom. The smallest absolute Gasteiger partial charge is 0.262 e. The van der Waals surface area contributed by atoms with E-state index >= 15 is 0 Å². The molecular formula is C20H19N3O4. The molecule has 1 aliphatic heterocycles. The normalized spacial score (nSPS) is 13.5. The molecule has 2 heterocycles. The number of amides is 3. The van der Waals surface area contributed by atoms with E-state index in [1.165, 1.54) is 11.8 Å². The van der Waals surface area contributed by atoms with Gasteiger partial charge in [0.05, 0.1) is 23.8 Å². The number of hydrogen-bond donors (Lipinski definition) is 2. The lowest BCUT2D eigenvalue weighted by Crippen LogP contribution is -2.37. The number of benzene rings is 2. The van der Waals surface area contributed by atoms with E-state index in [2.05, 4.69) is 10.3 Å². The van der Waals surface area contributed by atoms with E-state index in [1.807, 2.05) is 25.1 Å². The number of nitrogens with zero attached hydrogens (tertiary/aromatic N) is 1. The molecule has 2 N–H and O–H groups in total. The Kier molecular flexibility index (Phi) is 3.87. The molecule has 3 amide bonds. The maximum atomic E-state index is 13.1. The summed E-state index contributed by atoms with van der Waals surface area (Å²) in [6.45, 7) is 3.67. The van der Waals surface area contributed by atoms with Gasteiger partial charge in [-0.05, 0) is 36.8 Å². The number of H-pyrrole nitrogens is 1. The molecule has 0 radical (unpaired) electrons. The van der Waals surface area contributed by atoms with Gasteiger partial charge in [0.2, 0.25) is 5.91 Å². The second-order valence-corrected chi connectivity index (χ2v) is 6.65. The Hall–Kier alpha value is -3.35. The number of carbonyl (C=O) groups excluding carboxylic acids is 3. The van der Waals surface area contributed by atoms with Crippen LogP contribution >= 0.6 is 0 Å². The van der Waals surface area contributed by atoms with Gasteiger partial charge in [0.1, 0.15) is 5.75 Å². The van der Waals surface area contributed by atoms with Crippen molar-refractivity contribution in [3.05, 3.63) is 41.0 Å². The minimum absolute atomic E-state index is 0.137. The molecule has 0 saturated carbocycles. The zero-order chi connectivity index (χ0) is 19.3. The van der Waals surface area contributed by atoms with E-state index in [4.69, 9.17) is 4.74 Å². The topological polar surface area (TPSA) is 91.5 Å². The molecule has 0 aliphatic carbocycles. The Labute approximate surface area is 155 Å². The van der Waals surface area contributed by atoms with Crippen molar-refractivity contribution in [3.63, 3.8) is 0 Å². The van der Waals surface area contributed by atoms with Crippen LogP contribution in [-0.2, 0) is 4.79 Å². The number of imide groups is 1. The molecule has 3 aromatic rings. The SMILES string of the molecule is COc1ccc2[nH]c3c(C)cc4c(c3c2c1)C(=O)N(CCNC(C)=O)C4=O. The van der Waals surface area contributed by atoms with Gasteiger partial charge in [-0.3, -0.25) is 19.3 Å². The van der Waals surface area contributed by atoms with Gasteiger partial charge in [-0.15, -0.1) is 0 Å². The number of ether oxygens (including phenoxy) is 1.